The van der Waals surface area contributed by atoms with Crippen LogP contribution in [0, 0.1) is 6.92 Å². The number of aliphatic hydroxyl groups is 1. The summed E-state index contributed by atoms with van der Waals surface area (Å²) < 4.78 is 47.8. The fourth-order valence-electron chi connectivity index (χ4n) is 4.50. The van der Waals surface area contributed by atoms with Crippen LogP contribution in [0.4, 0.5) is 24.5 Å². The van der Waals surface area contributed by atoms with Gasteiger partial charge in [0.1, 0.15) is 12.1 Å². The van der Waals surface area contributed by atoms with Crippen LogP contribution in [-0.4, -0.2) is 56.5 Å². The first-order valence-electron chi connectivity index (χ1n) is 13.5. The fraction of sp³-hybridized carbons (Fsp3) is 0.267. The Morgan fingerprint density at radius 1 is 1.09 bits per heavy atom. The number of hydrogen-bond donors (Lipinski definition) is 2. The Bertz CT molecular complexity index is 1630. The third-order valence-corrected chi connectivity index (χ3v) is 7.48. The molecule has 1 fully saturated rings. The highest BCUT2D eigenvalue weighted by Gasteiger charge is 2.32. The van der Waals surface area contributed by atoms with Gasteiger partial charge in [-0.1, -0.05) is 36.0 Å². The number of carbonyl (C=O) groups is 1. The quantitative estimate of drug-likeness (QED) is 0.218. The second-order valence-corrected chi connectivity index (χ2v) is 10.8. The number of alkyl halides is 3. The molecule has 1 aliphatic heterocycles. The highest BCUT2D eigenvalue weighted by atomic mass is 32.2. The minimum atomic E-state index is -4.75. The lowest BCUT2D eigenvalue weighted by molar-refractivity contribution is -0.274. The molecule has 1 aliphatic rings. The zero-order chi connectivity index (χ0) is 31.3. The molecule has 1 atom stereocenters. The molecule has 0 saturated carbocycles. The smallest absolute Gasteiger partial charge is 0.406 e. The van der Waals surface area contributed by atoms with Crippen LogP contribution in [-0.2, 0) is 29.0 Å². The molecule has 0 radical (unpaired) electrons. The van der Waals surface area contributed by atoms with Crippen LogP contribution in [0.1, 0.15) is 22.5 Å². The minimum absolute atomic E-state index is 0.124. The van der Waals surface area contributed by atoms with Gasteiger partial charge in [0.2, 0.25) is 12.3 Å². The number of hydrogen-bond acceptors (Lipinski definition) is 9. The summed E-state index contributed by atoms with van der Waals surface area (Å²) in [6.45, 7) is 2.27. The van der Waals surface area contributed by atoms with Crippen molar-refractivity contribution in [3.8, 4) is 11.4 Å². The summed E-state index contributed by atoms with van der Waals surface area (Å²) in [4.78, 5) is 22.9. The van der Waals surface area contributed by atoms with Crippen molar-refractivity contribution < 1.29 is 32.5 Å². The molecule has 1 amide bonds. The number of rotatable bonds is 11. The van der Waals surface area contributed by atoms with Gasteiger partial charge in [-0.2, -0.15) is 5.10 Å². The van der Waals surface area contributed by atoms with Gasteiger partial charge in [0.25, 0.3) is 0 Å². The molecule has 10 nitrogen and oxygen atoms in total. The van der Waals surface area contributed by atoms with Crippen molar-refractivity contribution in [3.63, 3.8) is 0 Å². The van der Waals surface area contributed by atoms with Gasteiger partial charge in [-0.15, -0.1) is 13.2 Å². The van der Waals surface area contributed by atoms with Crippen LogP contribution >= 0.6 is 11.8 Å². The largest absolute Gasteiger partial charge is 0.573 e. The summed E-state index contributed by atoms with van der Waals surface area (Å²) in [5.74, 6) is 0.356. The first-order chi connectivity index (χ1) is 21.1. The minimum Gasteiger partial charge on any atom is -0.406 e. The maximum atomic E-state index is 12.8. The van der Waals surface area contributed by atoms with E-state index in [0.717, 1.165) is 16.7 Å². The Hall–Kier alpha value is -4.40. The summed E-state index contributed by atoms with van der Waals surface area (Å²) >= 11 is 1.26. The van der Waals surface area contributed by atoms with E-state index in [1.807, 2.05) is 49.4 Å². The van der Waals surface area contributed by atoms with Crippen LogP contribution in [0.5, 0.6) is 5.75 Å². The molecule has 2 N–H and O–H groups in total. The van der Waals surface area contributed by atoms with E-state index in [0.29, 0.717) is 47.5 Å². The molecule has 44 heavy (non-hydrogen) atoms. The summed E-state index contributed by atoms with van der Waals surface area (Å²) in [6, 6.07) is 18.6. The Labute approximate surface area is 255 Å². The van der Waals surface area contributed by atoms with Gasteiger partial charge in [-0.3, -0.25) is 9.69 Å². The molecular weight excluding hydrogens is 597 g/mol. The number of aliphatic imine (C=N–C) groups is 1. The molecule has 230 valence electrons. The van der Waals surface area contributed by atoms with E-state index in [1.54, 1.807) is 7.11 Å². The van der Waals surface area contributed by atoms with Crippen molar-refractivity contribution in [1.82, 2.24) is 14.8 Å². The lowest BCUT2D eigenvalue weighted by Crippen LogP contribution is -2.32. The normalized spacial score (nSPS) is 15.2. The monoisotopic (exact) mass is 626 g/mol. The summed E-state index contributed by atoms with van der Waals surface area (Å²) in [6.07, 6.45) is -3.36. The van der Waals surface area contributed by atoms with E-state index in [4.69, 9.17) is 4.74 Å². The summed E-state index contributed by atoms with van der Waals surface area (Å²) in [5, 5.41) is 18.4. The number of aliphatic hydroxyl groups excluding tert-OH is 1. The summed E-state index contributed by atoms with van der Waals surface area (Å²) in [7, 11) is 1.59. The third-order valence-electron chi connectivity index (χ3n) is 6.54. The van der Waals surface area contributed by atoms with E-state index < -0.39 is 12.7 Å². The molecule has 5 rings (SSSR count). The van der Waals surface area contributed by atoms with Crippen molar-refractivity contribution >= 4 is 34.2 Å². The SMILES string of the molecule is COCc1ccc(C)cc1N1C(=O)CSC1=NC(O)Nc1ccc(CCc2ncn(-c3ccc(OC(F)(F)F)cc3)n2)cc1. The van der Waals surface area contributed by atoms with E-state index in [2.05, 4.69) is 25.1 Å². The molecule has 1 saturated heterocycles. The molecular formula is C30H29F3N6O4S. The van der Waals surface area contributed by atoms with Gasteiger partial charge in [-0.05, 0) is 66.9 Å². The van der Waals surface area contributed by atoms with Crippen molar-refractivity contribution in [2.24, 2.45) is 4.99 Å². The number of nitrogens with one attached hydrogen (secondary N) is 1. The topological polar surface area (TPSA) is 114 Å². The van der Waals surface area contributed by atoms with Crippen LogP contribution in [0.15, 0.2) is 78.0 Å². The van der Waals surface area contributed by atoms with Gasteiger partial charge in [0, 0.05) is 24.8 Å². The molecule has 3 aromatic carbocycles. The highest BCUT2D eigenvalue weighted by molar-refractivity contribution is 8.15. The van der Waals surface area contributed by atoms with Crippen LogP contribution in [0.3, 0.4) is 0 Å². The standard InChI is InChI=1S/C30H29F3N6O4S/c1-19-3-7-21(16-42-2)25(15-19)39-27(40)17-44-29(39)36-28(41)35-22-8-4-20(5-9-22)6-14-26-34-18-38(37-26)23-10-12-24(13-11-23)43-30(31,32)33/h3-5,7-13,15,18,28,35,41H,6,14,16-17H2,1-2H3. The molecule has 14 heteroatoms. The molecule has 0 spiro atoms. The zero-order valence-corrected chi connectivity index (χ0v) is 24.6. The Morgan fingerprint density at radius 2 is 1.84 bits per heavy atom. The van der Waals surface area contributed by atoms with Crippen LogP contribution < -0.4 is 15.0 Å². The molecule has 1 aromatic heterocycles. The van der Waals surface area contributed by atoms with Crippen molar-refractivity contribution in [3.05, 3.63) is 95.6 Å². The van der Waals surface area contributed by atoms with Crippen LogP contribution in [0.25, 0.3) is 5.69 Å². The van der Waals surface area contributed by atoms with Gasteiger partial charge >= 0.3 is 6.36 Å². The number of ether oxygens (including phenoxy) is 2. The number of carbonyl (C=O) groups excluding carboxylic acids is 1. The maximum absolute atomic E-state index is 12.8. The molecule has 4 aromatic rings. The van der Waals surface area contributed by atoms with Gasteiger partial charge in [0.05, 0.1) is 23.7 Å². The number of methoxy groups -OCH3 is 1. The predicted octanol–water partition coefficient (Wildman–Crippen LogP) is 5.23. The molecule has 2 heterocycles. The number of nitrogens with zero attached hydrogens (tertiary/aromatic N) is 5. The van der Waals surface area contributed by atoms with E-state index in [1.165, 1.54) is 51.9 Å². The van der Waals surface area contributed by atoms with Crippen molar-refractivity contribution in [2.45, 2.75) is 39.1 Å². The van der Waals surface area contributed by atoms with E-state index in [-0.39, 0.29) is 17.4 Å². The number of amidine groups is 1. The lowest BCUT2D eigenvalue weighted by Gasteiger charge is -2.21. The van der Waals surface area contributed by atoms with Gasteiger partial charge < -0.3 is 19.9 Å². The van der Waals surface area contributed by atoms with Gasteiger partial charge in [0.15, 0.2) is 11.0 Å². The zero-order valence-electron chi connectivity index (χ0n) is 23.8. The average Bonchev–Trinajstić information content (AvgIpc) is 3.60. The predicted molar refractivity (Wildman–Crippen MR) is 161 cm³/mol. The van der Waals surface area contributed by atoms with Crippen molar-refractivity contribution in [2.75, 3.05) is 23.1 Å². The molecule has 1 unspecified atom stereocenters. The number of benzene rings is 3. The average molecular weight is 627 g/mol. The maximum Gasteiger partial charge on any atom is 0.573 e. The third kappa shape index (κ3) is 7.95. The first-order valence-corrected chi connectivity index (χ1v) is 14.5. The van der Waals surface area contributed by atoms with E-state index in [9.17, 15) is 23.1 Å². The number of halogens is 3. The Balaban J connectivity index is 1.17. The number of aromatic nitrogens is 3. The van der Waals surface area contributed by atoms with E-state index >= 15 is 0 Å². The van der Waals surface area contributed by atoms with Gasteiger partial charge in [-0.25, -0.2) is 14.7 Å². The lowest BCUT2D eigenvalue weighted by atomic mass is 10.1. The van der Waals surface area contributed by atoms with Crippen LogP contribution in [0.2, 0.25) is 0 Å². The molecule has 0 aliphatic carbocycles. The highest BCUT2D eigenvalue weighted by Crippen LogP contribution is 2.31. The molecule has 0 bridgehead atoms. The number of anilines is 2. The number of thioether (sulfide) groups is 1. The first kappa shape index (κ1) is 31.0. The fourth-order valence-corrected chi connectivity index (χ4v) is 5.39. The Kier molecular flexibility index (Phi) is 9.52. The number of amides is 1. The second-order valence-electron chi connectivity index (χ2n) is 9.86. The van der Waals surface area contributed by atoms with Crippen molar-refractivity contribution in [1.29, 1.82) is 0 Å². The number of aryl methyl sites for hydroxylation is 3. The Morgan fingerprint density at radius 3 is 2.55 bits per heavy atom. The second kappa shape index (κ2) is 13.5. The summed E-state index contributed by atoms with van der Waals surface area (Å²) in [5.41, 5.74) is 4.71.